The Morgan fingerprint density at radius 3 is 2.60 bits per heavy atom. The third-order valence-electron chi connectivity index (χ3n) is 7.95. The molecule has 1 saturated heterocycles. The summed E-state index contributed by atoms with van der Waals surface area (Å²) in [6.07, 6.45) is -1.60. The molecule has 6 nitrogen and oxygen atoms in total. The molecule has 1 fully saturated rings. The Labute approximate surface area is 240 Å². The Morgan fingerprint density at radius 1 is 1.00 bits per heavy atom. The second-order valence-corrected chi connectivity index (χ2v) is 10.6. The number of carbonyl (C=O) groups is 1. The van der Waals surface area contributed by atoms with Gasteiger partial charge in [0, 0.05) is 59.1 Å². The van der Waals surface area contributed by atoms with Crippen molar-refractivity contribution in [2.45, 2.75) is 31.0 Å². The van der Waals surface area contributed by atoms with Crippen LogP contribution in [0.5, 0.6) is 5.75 Å². The van der Waals surface area contributed by atoms with E-state index in [1.54, 1.807) is 35.5 Å². The average molecular weight is 572 g/mol. The number of β-amino-alcohol motifs (C(OH)–C–C–N with tert-alkyl or cyclic N) is 1. The van der Waals surface area contributed by atoms with E-state index in [1.165, 1.54) is 6.07 Å². The number of hydrogen-bond acceptors (Lipinski definition) is 4. The summed E-state index contributed by atoms with van der Waals surface area (Å²) in [5.41, 5.74) is 4.35. The number of H-pyrrole nitrogens is 1. The van der Waals surface area contributed by atoms with Crippen LogP contribution in [0.3, 0.4) is 0 Å². The summed E-state index contributed by atoms with van der Waals surface area (Å²) >= 11 is 0. The molecule has 3 N–H and O–H groups in total. The number of carbonyl (C=O) groups excluding carboxylic acids is 1. The molecule has 1 aliphatic rings. The Balaban J connectivity index is 1.26. The second-order valence-electron chi connectivity index (χ2n) is 10.6. The van der Waals surface area contributed by atoms with Crippen molar-refractivity contribution < 1.29 is 28.2 Å². The molecular formula is C33H28F3N3O3. The summed E-state index contributed by atoms with van der Waals surface area (Å²) < 4.78 is 39.7. The van der Waals surface area contributed by atoms with Gasteiger partial charge in [0.2, 0.25) is 5.91 Å². The van der Waals surface area contributed by atoms with Crippen LogP contribution in [-0.2, 0) is 17.4 Å². The first-order valence-electron chi connectivity index (χ1n) is 13.6. The van der Waals surface area contributed by atoms with Crippen LogP contribution in [0.2, 0.25) is 0 Å². The lowest BCUT2D eigenvalue weighted by Gasteiger charge is -2.36. The molecule has 0 saturated carbocycles. The molecule has 1 amide bonds. The lowest BCUT2D eigenvalue weighted by atomic mass is 9.86. The number of aliphatic hydroxyl groups is 1. The number of aromatic amines is 1. The van der Waals surface area contributed by atoms with Crippen LogP contribution in [0.15, 0.2) is 91.3 Å². The Morgan fingerprint density at radius 2 is 1.83 bits per heavy atom. The number of aromatic nitrogens is 2. The van der Waals surface area contributed by atoms with Crippen molar-refractivity contribution in [1.82, 2.24) is 14.9 Å². The van der Waals surface area contributed by atoms with Gasteiger partial charge in [0.1, 0.15) is 5.75 Å². The first-order chi connectivity index (χ1) is 20.2. The number of hydrogen-bond donors (Lipinski definition) is 3. The van der Waals surface area contributed by atoms with Gasteiger partial charge in [-0.1, -0.05) is 48.5 Å². The Kier molecular flexibility index (Phi) is 7.20. The minimum Gasteiger partial charge on any atom is -0.507 e. The number of piperidine rings is 1. The van der Waals surface area contributed by atoms with Gasteiger partial charge < -0.3 is 20.1 Å². The highest BCUT2D eigenvalue weighted by Gasteiger charge is 2.34. The smallest absolute Gasteiger partial charge is 0.416 e. The number of halogens is 3. The predicted molar refractivity (Wildman–Crippen MR) is 154 cm³/mol. The lowest BCUT2D eigenvalue weighted by Crippen LogP contribution is -2.46. The number of rotatable bonds is 5. The second kappa shape index (κ2) is 11.0. The van der Waals surface area contributed by atoms with Crippen LogP contribution in [0.25, 0.3) is 33.3 Å². The van der Waals surface area contributed by atoms with E-state index < -0.39 is 23.8 Å². The van der Waals surface area contributed by atoms with Gasteiger partial charge in [0.25, 0.3) is 0 Å². The van der Waals surface area contributed by atoms with Crippen LogP contribution < -0.4 is 0 Å². The zero-order valence-electron chi connectivity index (χ0n) is 22.5. The van der Waals surface area contributed by atoms with Gasteiger partial charge in [-0.3, -0.25) is 9.78 Å². The molecule has 0 bridgehead atoms. The van der Waals surface area contributed by atoms with E-state index in [4.69, 9.17) is 0 Å². The fourth-order valence-electron chi connectivity index (χ4n) is 5.75. The largest absolute Gasteiger partial charge is 0.507 e. The van der Waals surface area contributed by atoms with Crippen LogP contribution in [0.1, 0.15) is 29.0 Å². The Hall–Kier alpha value is -4.63. The minimum atomic E-state index is -4.47. The normalized spacial score (nSPS) is 17.5. The highest BCUT2D eigenvalue weighted by molar-refractivity contribution is 5.89. The van der Waals surface area contributed by atoms with Crippen molar-refractivity contribution in [3.63, 3.8) is 0 Å². The number of benzene rings is 3. The quantitative estimate of drug-likeness (QED) is 0.224. The number of likely N-dealkylation sites (tertiary alicyclic amines) is 1. The molecule has 5 aromatic rings. The maximum Gasteiger partial charge on any atom is 0.416 e. The lowest BCUT2D eigenvalue weighted by molar-refractivity contribution is -0.137. The van der Waals surface area contributed by atoms with E-state index in [0.29, 0.717) is 24.1 Å². The van der Waals surface area contributed by atoms with Gasteiger partial charge >= 0.3 is 6.18 Å². The molecule has 3 aromatic carbocycles. The van der Waals surface area contributed by atoms with Crippen molar-refractivity contribution in [1.29, 1.82) is 0 Å². The number of nitrogens with one attached hydrogen (secondary N) is 1. The predicted octanol–water partition coefficient (Wildman–Crippen LogP) is 6.54. The zero-order valence-corrected chi connectivity index (χ0v) is 22.5. The molecule has 1 aliphatic heterocycles. The van der Waals surface area contributed by atoms with Crippen molar-refractivity contribution in [2.75, 3.05) is 13.1 Å². The Bertz CT molecular complexity index is 1730. The van der Waals surface area contributed by atoms with E-state index in [9.17, 15) is 28.2 Å². The summed E-state index contributed by atoms with van der Waals surface area (Å²) in [7, 11) is 0. The third kappa shape index (κ3) is 5.47. The van der Waals surface area contributed by atoms with Gasteiger partial charge in [-0.2, -0.15) is 13.2 Å². The topological polar surface area (TPSA) is 89.4 Å². The number of para-hydroxylation sites is 1. The van der Waals surface area contributed by atoms with Gasteiger partial charge in [-0.25, -0.2) is 0 Å². The van der Waals surface area contributed by atoms with Gasteiger partial charge in [-0.05, 0) is 53.4 Å². The highest BCUT2D eigenvalue weighted by atomic mass is 19.4. The number of nitrogens with zero attached hydrogens (tertiary/aromatic N) is 2. The molecule has 6 rings (SSSR count). The number of alkyl halides is 3. The molecule has 0 spiro atoms. The minimum absolute atomic E-state index is 0.0309. The van der Waals surface area contributed by atoms with Crippen LogP contribution in [-0.4, -0.2) is 50.2 Å². The molecule has 2 unspecified atom stereocenters. The molecule has 0 aliphatic carbocycles. The maximum atomic E-state index is 13.5. The molecule has 3 heterocycles. The van der Waals surface area contributed by atoms with Crippen LogP contribution >= 0.6 is 0 Å². The fourth-order valence-corrected chi connectivity index (χ4v) is 5.75. The molecule has 42 heavy (non-hydrogen) atoms. The van der Waals surface area contributed by atoms with E-state index in [0.717, 1.165) is 45.4 Å². The summed E-state index contributed by atoms with van der Waals surface area (Å²) in [6.45, 7) is 0.350. The number of aromatic hydroxyl groups is 1. The monoisotopic (exact) mass is 571 g/mol. The number of phenols is 1. The van der Waals surface area contributed by atoms with Crippen molar-refractivity contribution in [2.24, 2.45) is 0 Å². The molecule has 0 radical (unpaired) electrons. The molecule has 214 valence electrons. The van der Waals surface area contributed by atoms with Crippen molar-refractivity contribution in [3.8, 4) is 28.1 Å². The van der Waals surface area contributed by atoms with Gasteiger partial charge in [0.05, 0.1) is 18.1 Å². The summed E-state index contributed by atoms with van der Waals surface area (Å²) in [4.78, 5) is 22.7. The van der Waals surface area contributed by atoms with E-state index in [-0.39, 0.29) is 24.6 Å². The molecule has 9 heteroatoms. The molecule has 2 atom stereocenters. The number of phenolic OH excluding ortho intramolecular Hbond substituents is 1. The standard InChI is InChI=1S/C33H28F3N3O3/c34-33(35,36)24-5-3-4-20(14-24)26-11-13-39(19-31(26)41)32(42)17-22-9-8-21(25-6-1-2-7-30(25)40)15-27(22)29-16-23-18-37-12-10-28(23)38-29/h1-10,12,14-16,18,26,31,38,40-41H,11,13,17,19H2. The summed E-state index contributed by atoms with van der Waals surface area (Å²) in [5, 5.41) is 22.3. The van der Waals surface area contributed by atoms with E-state index >= 15 is 0 Å². The summed E-state index contributed by atoms with van der Waals surface area (Å²) in [6, 6.07) is 21.6. The zero-order chi connectivity index (χ0) is 29.4. The van der Waals surface area contributed by atoms with Crippen molar-refractivity contribution in [3.05, 3.63) is 108 Å². The van der Waals surface area contributed by atoms with Gasteiger partial charge in [-0.15, -0.1) is 0 Å². The van der Waals surface area contributed by atoms with Gasteiger partial charge in [0.15, 0.2) is 0 Å². The van der Waals surface area contributed by atoms with E-state index in [1.807, 2.05) is 42.5 Å². The maximum absolute atomic E-state index is 13.5. The van der Waals surface area contributed by atoms with Crippen LogP contribution in [0.4, 0.5) is 13.2 Å². The molecule has 2 aromatic heterocycles. The van der Waals surface area contributed by atoms with E-state index in [2.05, 4.69) is 9.97 Å². The fraction of sp³-hybridized carbons (Fsp3) is 0.212. The summed E-state index contributed by atoms with van der Waals surface area (Å²) in [5.74, 6) is -0.540. The van der Waals surface area contributed by atoms with Crippen molar-refractivity contribution >= 4 is 16.8 Å². The molecular weight excluding hydrogens is 543 g/mol. The first-order valence-corrected chi connectivity index (χ1v) is 13.6. The first kappa shape index (κ1) is 27.5. The van der Waals surface area contributed by atoms with Crippen LogP contribution in [0, 0.1) is 0 Å². The number of pyridine rings is 1. The third-order valence-corrected chi connectivity index (χ3v) is 7.95. The number of aliphatic hydroxyl groups excluding tert-OH is 1. The highest BCUT2D eigenvalue weighted by Crippen LogP contribution is 2.37. The number of amides is 1. The average Bonchev–Trinajstić information content (AvgIpc) is 3.41. The number of fused-ring (bicyclic) bond motifs is 1. The SMILES string of the molecule is O=C(Cc1ccc(-c2ccccc2O)cc1-c1cc2cnccc2[nH]1)N1CCC(c2cccc(C(F)(F)F)c2)C(O)C1.